The van der Waals surface area contributed by atoms with E-state index in [0.717, 1.165) is 19.3 Å². The molecular weight excluding hydrogens is 234 g/mol. The number of hydrogen-bond acceptors (Lipinski definition) is 3. The number of likely N-dealkylation sites (tertiary alicyclic amines) is 1. The lowest BCUT2D eigenvalue weighted by Gasteiger charge is -2.44. The highest BCUT2D eigenvalue weighted by Gasteiger charge is 2.44. The van der Waals surface area contributed by atoms with E-state index in [9.17, 15) is 14.7 Å². The fourth-order valence-electron chi connectivity index (χ4n) is 3.21. The molecule has 2 aliphatic rings. The largest absolute Gasteiger partial charge is 0.481 e. The molecule has 0 aromatic heterocycles. The Hall–Kier alpha value is -1.52. The van der Waals surface area contributed by atoms with Gasteiger partial charge in [0, 0.05) is 13.1 Å². The molecule has 1 aliphatic heterocycles. The molecule has 2 bridgehead atoms. The summed E-state index contributed by atoms with van der Waals surface area (Å²) >= 11 is 0. The molecule has 18 heavy (non-hydrogen) atoms. The van der Waals surface area contributed by atoms with Crippen LogP contribution >= 0.6 is 0 Å². The molecule has 5 heteroatoms. The molecule has 1 saturated carbocycles. The van der Waals surface area contributed by atoms with Crippen LogP contribution in [0.25, 0.3) is 0 Å². The molecule has 1 aliphatic carbocycles. The van der Waals surface area contributed by atoms with Crippen LogP contribution in [0.3, 0.4) is 0 Å². The maximum atomic E-state index is 11.8. The molecule has 5 nitrogen and oxygen atoms in total. The number of carboxylic acid groups (broad SMARTS) is 1. The average Bonchev–Trinajstić information content (AvgIpc) is 2.34. The van der Waals surface area contributed by atoms with E-state index in [1.807, 2.05) is 0 Å². The highest BCUT2D eigenvalue weighted by Crippen LogP contribution is 2.39. The minimum absolute atomic E-state index is 0.0753. The predicted octanol–water partition coefficient (Wildman–Crippen LogP) is 1.74. The van der Waals surface area contributed by atoms with Crippen molar-refractivity contribution in [3.05, 3.63) is 12.7 Å². The average molecular weight is 253 g/mol. The normalized spacial score (nSPS) is 30.7. The number of nitrogens with zero attached hydrogens (tertiary/aromatic N) is 1. The van der Waals surface area contributed by atoms with Crippen LogP contribution in [0.15, 0.2) is 12.7 Å². The van der Waals surface area contributed by atoms with Crippen molar-refractivity contribution in [3.63, 3.8) is 0 Å². The first-order chi connectivity index (χ1) is 8.63. The van der Waals surface area contributed by atoms with Crippen molar-refractivity contribution in [3.8, 4) is 0 Å². The summed E-state index contributed by atoms with van der Waals surface area (Å²) in [7, 11) is 0. The predicted molar refractivity (Wildman–Crippen MR) is 65.1 cm³/mol. The summed E-state index contributed by atoms with van der Waals surface area (Å²) in [5, 5.41) is 9.26. The van der Waals surface area contributed by atoms with Gasteiger partial charge in [-0.1, -0.05) is 19.1 Å². The lowest BCUT2D eigenvalue weighted by atomic mass is 9.69. The van der Waals surface area contributed by atoms with Crippen LogP contribution in [0.5, 0.6) is 0 Å². The van der Waals surface area contributed by atoms with Gasteiger partial charge in [-0.3, -0.25) is 4.79 Å². The number of ether oxygens (including phenoxy) is 1. The molecule has 2 rings (SSSR count). The number of carbonyl (C=O) groups is 2. The van der Waals surface area contributed by atoms with E-state index >= 15 is 0 Å². The Morgan fingerprint density at radius 2 is 1.94 bits per heavy atom. The fraction of sp³-hybridized carbons (Fsp3) is 0.692. The second kappa shape index (κ2) is 5.42. The Balaban J connectivity index is 2.01. The van der Waals surface area contributed by atoms with Gasteiger partial charge in [0.2, 0.25) is 0 Å². The van der Waals surface area contributed by atoms with Gasteiger partial charge in [0.1, 0.15) is 6.61 Å². The van der Waals surface area contributed by atoms with Gasteiger partial charge in [0.05, 0.1) is 5.92 Å². The molecule has 2 fully saturated rings. The van der Waals surface area contributed by atoms with Gasteiger partial charge in [-0.15, -0.1) is 0 Å². The highest BCUT2D eigenvalue weighted by molar-refractivity contribution is 5.73. The molecule has 1 heterocycles. The van der Waals surface area contributed by atoms with Crippen LogP contribution in [0.4, 0.5) is 4.79 Å². The number of carboxylic acids is 1. The number of fused-ring (bicyclic) bond motifs is 2. The minimum Gasteiger partial charge on any atom is -0.481 e. The summed E-state index contributed by atoms with van der Waals surface area (Å²) in [6.45, 7) is 4.71. The van der Waals surface area contributed by atoms with Gasteiger partial charge in [-0.2, -0.15) is 0 Å². The Kier molecular flexibility index (Phi) is 3.89. The maximum Gasteiger partial charge on any atom is 0.410 e. The Bertz CT molecular complexity index is 341. The molecule has 0 aromatic rings. The van der Waals surface area contributed by atoms with E-state index in [1.54, 1.807) is 4.90 Å². The van der Waals surface area contributed by atoms with Gasteiger partial charge >= 0.3 is 12.1 Å². The number of hydrogen-bond donors (Lipinski definition) is 1. The number of carbonyl (C=O) groups excluding carboxylic acids is 1. The Labute approximate surface area is 106 Å². The van der Waals surface area contributed by atoms with Gasteiger partial charge in [-0.25, -0.2) is 4.79 Å². The molecule has 2 atom stereocenters. The summed E-state index contributed by atoms with van der Waals surface area (Å²) in [6.07, 6.45) is 4.02. The molecular formula is C13H19NO4. The van der Waals surface area contributed by atoms with Crippen molar-refractivity contribution in [2.24, 2.45) is 17.8 Å². The summed E-state index contributed by atoms with van der Waals surface area (Å²) in [6, 6.07) is 0. The van der Waals surface area contributed by atoms with E-state index in [1.165, 1.54) is 6.08 Å². The van der Waals surface area contributed by atoms with Crippen LogP contribution in [0, 0.1) is 17.8 Å². The van der Waals surface area contributed by atoms with E-state index in [2.05, 4.69) is 6.58 Å². The number of amides is 1. The van der Waals surface area contributed by atoms with E-state index < -0.39 is 5.97 Å². The highest BCUT2D eigenvalue weighted by atomic mass is 16.6. The smallest absolute Gasteiger partial charge is 0.410 e. The van der Waals surface area contributed by atoms with Crippen LogP contribution in [0.1, 0.15) is 19.3 Å². The SMILES string of the molecule is C=CCOC(=O)N1CC2CCCC(C1)C2C(=O)O. The molecule has 2 unspecified atom stereocenters. The third kappa shape index (κ3) is 2.49. The number of aliphatic carboxylic acids is 1. The first-order valence-corrected chi connectivity index (χ1v) is 6.39. The van der Waals surface area contributed by atoms with Crippen LogP contribution in [-0.2, 0) is 9.53 Å². The maximum absolute atomic E-state index is 11.8. The lowest BCUT2D eigenvalue weighted by molar-refractivity contribution is -0.150. The fourth-order valence-corrected chi connectivity index (χ4v) is 3.21. The topological polar surface area (TPSA) is 66.8 Å². The summed E-state index contributed by atoms with van der Waals surface area (Å²) in [4.78, 5) is 24.7. The third-order valence-corrected chi connectivity index (χ3v) is 3.94. The zero-order valence-corrected chi connectivity index (χ0v) is 10.4. The molecule has 1 saturated heterocycles. The second-order valence-corrected chi connectivity index (χ2v) is 5.09. The third-order valence-electron chi connectivity index (χ3n) is 3.94. The summed E-state index contributed by atoms with van der Waals surface area (Å²) in [5.41, 5.74) is 0. The van der Waals surface area contributed by atoms with Crippen molar-refractivity contribution in [1.82, 2.24) is 4.90 Å². The van der Waals surface area contributed by atoms with E-state index in [-0.39, 0.29) is 30.5 Å². The molecule has 1 N–H and O–H groups in total. The quantitative estimate of drug-likeness (QED) is 0.778. The van der Waals surface area contributed by atoms with Crippen LogP contribution < -0.4 is 0 Å². The van der Waals surface area contributed by atoms with Crippen molar-refractivity contribution in [2.75, 3.05) is 19.7 Å². The van der Waals surface area contributed by atoms with Crippen LogP contribution in [0.2, 0.25) is 0 Å². The zero-order chi connectivity index (χ0) is 13.1. The molecule has 1 amide bonds. The standard InChI is InChI=1S/C13H19NO4/c1-2-6-18-13(17)14-7-9-4-3-5-10(8-14)11(9)12(15)16/h2,9-11H,1,3-8H2,(H,15,16). The Morgan fingerprint density at radius 3 is 2.44 bits per heavy atom. The molecule has 0 spiro atoms. The molecule has 100 valence electrons. The van der Waals surface area contributed by atoms with Crippen molar-refractivity contribution >= 4 is 12.1 Å². The van der Waals surface area contributed by atoms with Gasteiger partial charge < -0.3 is 14.7 Å². The van der Waals surface area contributed by atoms with E-state index in [4.69, 9.17) is 4.74 Å². The van der Waals surface area contributed by atoms with Crippen molar-refractivity contribution < 1.29 is 19.4 Å². The van der Waals surface area contributed by atoms with Gasteiger partial charge in [0.25, 0.3) is 0 Å². The van der Waals surface area contributed by atoms with Gasteiger partial charge in [-0.05, 0) is 24.7 Å². The first kappa shape index (κ1) is 12.9. The molecule has 0 aromatic carbocycles. The molecule has 0 radical (unpaired) electrons. The van der Waals surface area contributed by atoms with Crippen molar-refractivity contribution in [1.29, 1.82) is 0 Å². The van der Waals surface area contributed by atoms with Gasteiger partial charge in [0.15, 0.2) is 0 Å². The number of rotatable bonds is 3. The van der Waals surface area contributed by atoms with E-state index in [0.29, 0.717) is 13.1 Å². The monoisotopic (exact) mass is 253 g/mol. The number of piperidine rings is 1. The second-order valence-electron chi connectivity index (χ2n) is 5.09. The lowest BCUT2D eigenvalue weighted by Crippen LogP contribution is -2.53. The first-order valence-electron chi connectivity index (χ1n) is 6.39. The van der Waals surface area contributed by atoms with Crippen molar-refractivity contribution in [2.45, 2.75) is 19.3 Å². The minimum atomic E-state index is -0.719. The summed E-state index contributed by atoms with van der Waals surface area (Å²) < 4.78 is 5.01. The summed E-state index contributed by atoms with van der Waals surface area (Å²) in [5.74, 6) is -0.858. The van der Waals surface area contributed by atoms with Crippen LogP contribution in [-0.4, -0.2) is 41.8 Å². The Morgan fingerprint density at radius 1 is 1.33 bits per heavy atom. The zero-order valence-electron chi connectivity index (χ0n) is 10.4.